The van der Waals surface area contributed by atoms with Crippen LogP contribution in [0.4, 0.5) is 28.6 Å². The second-order valence-electron chi connectivity index (χ2n) is 4.14. The summed E-state index contributed by atoms with van der Waals surface area (Å²) in [6, 6.07) is 6.95. The first-order valence-electron chi connectivity index (χ1n) is 5.67. The Hall–Kier alpha value is -2.11. The van der Waals surface area contributed by atoms with E-state index in [2.05, 4.69) is 4.98 Å². The van der Waals surface area contributed by atoms with Crippen LogP contribution >= 0.6 is 0 Å². The van der Waals surface area contributed by atoms with Gasteiger partial charge in [-0.05, 0) is 6.07 Å². The molecule has 4 nitrogen and oxygen atoms in total. The molecule has 0 aliphatic rings. The van der Waals surface area contributed by atoms with E-state index in [4.69, 9.17) is 5.39 Å². The molecule has 110 valence electrons. The minimum atomic E-state index is -6.00. The van der Waals surface area contributed by atoms with E-state index < -0.39 is 7.25 Å². The second kappa shape index (κ2) is 7.48. The van der Waals surface area contributed by atoms with Gasteiger partial charge in [0.1, 0.15) is 5.69 Å². The second-order valence-corrected chi connectivity index (χ2v) is 4.14. The van der Waals surface area contributed by atoms with Crippen LogP contribution in [0.5, 0.6) is 0 Å². The summed E-state index contributed by atoms with van der Waals surface area (Å²) in [6.45, 7) is 3.66. The van der Waals surface area contributed by atoms with Crippen LogP contribution in [-0.2, 0) is 4.79 Å². The molecule has 1 aromatic carbocycles. The van der Waals surface area contributed by atoms with Gasteiger partial charge in [-0.25, -0.2) is 0 Å². The number of benzene rings is 1. The van der Waals surface area contributed by atoms with Crippen molar-refractivity contribution in [3.63, 3.8) is 0 Å². The van der Waals surface area contributed by atoms with Gasteiger partial charge in [0.15, 0.2) is 4.98 Å². The standard InChI is InChI=1S/C11H14N3O.BF4/c1-8(2)11(15)14(3)10-7-5-4-6-9(10)13-12;2-1(3,4)5/h4-8H,1-3H3;/q+1;-1. The van der Waals surface area contributed by atoms with Crippen LogP contribution in [0.25, 0.3) is 4.98 Å². The molecule has 0 aromatic heterocycles. The largest absolute Gasteiger partial charge is 0.673 e. The highest BCUT2D eigenvalue weighted by molar-refractivity contribution is 6.50. The maximum atomic E-state index is 11.7. The molecular weight excluding hydrogens is 277 g/mol. The number of amides is 1. The molecular formula is C11H14BF4N3O. The van der Waals surface area contributed by atoms with E-state index in [0.717, 1.165) is 0 Å². The van der Waals surface area contributed by atoms with Gasteiger partial charge in [-0.3, -0.25) is 4.79 Å². The van der Waals surface area contributed by atoms with Gasteiger partial charge in [-0.2, -0.15) is 0 Å². The summed E-state index contributed by atoms with van der Waals surface area (Å²) in [5.41, 5.74) is 1.01. The number of hydrogen-bond acceptors (Lipinski definition) is 2. The van der Waals surface area contributed by atoms with Crippen molar-refractivity contribution in [1.82, 2.24) is 0 Å². The Morgan fingerprint density at radius 1 is 1.25 bits per heavy atom. The monoisotopic (exact) mass is 291 g/mol. The first-order chi connectivity index (χ1) is 9.07. The fourth-order valence-corrected chi connectivity index (χ4v) is 1.34. The van der Waals surface area contributed by atoms with Gasteiger partial charge in [-0.15, -0.1) is 0 Å². The van der Waals surface area contributed by atoms with E-state index in [1.807, 2.05) is 13.8 Å². The van der Waals surface area contributed by atoms with E-state index in [9.17, 15) is 22.1 Å². The highest BCUT2D eigenvalue weighted by atomic mass is 19.5. The van der Waals surface area contributed by atoms with Crippen LogP contribution in [-0.4, -0.2) is 20.2 Å². The third-order valence-electron chi connectivity index (χ3n) is 2.18. The van der Waals surface area contributed by atoms with Gasteiger partial charge >= 0.3 is 12.9 Å². The summed E-state index contributed by atoms with van der Waals surface area (Å²) in [7, 11) is -4.33. The molecule has 0 heterocycles. The molecule has 0 radical (unpaired) electrons. The van der Waals surface area contributed by atoms with E-state index >= 15 is 0 Å². The van der Waals surface area contributed by atoms with Crippen molar-refractivity contribution in [3.05, 3.63) is 29.2 Å². The quantitative estimate of drug-likeness (QED) is 0.468. The van der Waals surface area contributed by atoms with Gasteiger partial charge < -0.3 is 22.2 Å². The third-order valence-corrected chi connectivity index (χ3v) is 2.18. The van der Waals surface area contributed by atoms with Gasteiger partial charge in [0.2, 0.25) is 11.3 Å². The van der Waals surface area contributed by atoms with Crippen molar-refractivity contribution in [2.24, 2.45) is 5.92 Å². The molecule has 0 aliphatic carbocycles. The zero-order valence-electron chi connectivity index (χ0n) is 11.2. The topological polar surface area (TPSA) is 48.5 Å². The maximum Gasteiger partial charge on any atom is 0.673 e. The minimum absolute atomic E-state index is 0.00824. The summed E-state index contributed by atoms with van der Waals surface area (Å²) in [5, 5.41) is 8.77. The normalized spacial score (nSPS) is 10.3. The van der Waals surface area contributed by atoms with Crippen molar-refractivity contribution in [2.45, 2.75) is 13.8 Å². The van der Waals surface area contributed by atoms with Crippen molar-refractivity contribution in [2.75, 3.05) is 11.9 Å². The predicted octanol–water partition coefficient (Wildman–Crippen LogP) is 4.09. The summed E-state index contributed by atoms with van der Waals surface area (Å²) < 4.78 is 39.0. The molecule has 0 atom stereocenters. The molecule has 0 spiro atoms. The van der Waals surface area contributed by atoms with Crippen LogP contribution < -0.4 is 4.90 Å². The molecule has 1 aromatic rings. The number of para-hydroxylation sites is 1. The molecule has 0 bridgehead atoms. The average Bonchev–Trinajstić information content (AvgIpc) is 2.34. The van der Waals surface area contributed by atoms with E-state index in [1.54, 1.807) is 31.3 Å². The van der Waals surface area contributed by atoms with E-state index in [0.29, 0.717) is 11.4 Å². The van der Waals surface area contributed by atoms with Crippen molar-refractivity contribution >= 4 is 24.5 Å². The third kappa shape index (κ3) is 6.73. The first kappa shape index (κ1) is 17.9. The zero-order valence-corrected chi connectivity index (χ0v) is 11.2. The molecule has 0 saturated heterocycles. The van der Waals surface area contributed by atoms with Gasteiger partial charge in [-0.1, -0.05) is 26.0 Å². The number of halogens is 4. The van der Waals surface area contributed by atoms with Crippen LogP contribution in [0.15, 0.2) is 24.3 Å². The maximum absolute atomic E-state index is 11.7. The molecule has 0 saturated carbocycles. The molecule has 0 fully saturated rings. The van der Waals surface area contributed by atoms with Crippen molar-refractivity contribution in [1.29, 1.82) is 5.39 Å². The SMILES string of the molecule is CC(C)C(=O)N(C)c1ccccc1[N+]#N.F[B-](F)(F)F. The predicted molar refractivity (Wildman–Crippen MR) is 69.6 cm³/mol. The Morgan fingerprint density at radius 3 is 2.10 bits per heavy atom. The molecule has 0 N–H and O–H groups in total. The molecule has 1 rings (SSSR count). The van der Waals surface area contributed by atoms with E-state index in [1.165, 1.54) is 4.90 Å². The minimum Gasteiger partial charge on any atom is -0.418 e. The van der Waals surface area contributed by atoms with Gasteiger partial charge in [0, 0.05) is 19.0 Å². The van der Waals surface area contributed by atoms with Crippen LogP contribution in [0.2, 0.25) is 0 Å². The summed E-state index contributed by atoms with van der Waals surface area (Å²) in [4.78, 5) is 16.4. The Morgan fingerprint density at radius 2 is 1.70 bits per heavy atom. The lowest BCUT2D eigenvalue weighted by Gasteiger charge is -2.17. The number of hydrogen-bond donors (Lipinski definition) is 0. The fourth-order valence-electron chi connectivity index (χ4n) is 1.34. The number of rotatable bonds is 2. The van der Waals surface area contributed by atoms with Crippen molar-refractivity contribution < 1.29 is 22.1 Å². The lowest BCUT2D eigenvalue weighted by molar-refractivity contribution is -0.121. The molecule has 0 aliphatic heterocycles. The van der Waals surface area contributed by atoms with Crippen LogP contribution in [0.1, 0.15) is 13.8 Å². The Balaban J connectivity index is 0.000000621. The summed E-state index contributed by atoms with van der Waals surface area (Å²) in [6.07, 6.45) is 0. The fraction of sp³-hybridized carbons (Fsp3) is 0.364. The Kier molecular flexibility index (Phi) is 6.69. The number of diazo groups is 1. The van der Waals surface area contributed by atoms with Crippen LogP contribution in [0, 0.1) is 11.3 Å². The lowest BCUT2D eigenvalue weighted by Crippen LogP contribution is -2.30. The van der Waals surface area contributed by atoms with E-state index in [-0.39, 0.29) is 11.8 Å². The first-order valence-corrected chi connectivity index (χ1v) is 5.67. The van der Waals surface area contributed by atoms with Crippen LogP contribution in [0.3, 0.4) is 0 Å². The summed E-state index contributed by atoms with van der Waals surface area (Å²) >= 11 is 0. The zero-order chi connectivity index (χ0) is 15.9. The Bertz CT molecular complexity index is 493. The number of carbonyl (C=O) groups excluding carboxylic acids is 1. The smallest absolute Gasteiger partial charge is 0.418 e. The lowest BCUT2D eigenvalue weighted by atomic mass is 10.1. The number of nitrogens with zero attached hydrogens (tertiary/aromatic N) is 3. The number of carbonyl (C=O) groups is 1. The van der Waals surface area contributed by atoms with Crippen molar-refractivity contribution in [3.8, 4) is 0 Å². The summed E-state index contributed by atoms with van der Waals surface area (Å²) in [5.74, 6) is -0.0900. The van der Waals surface area contributed by atoms with Gasteiger partial charge in [0.25, 0.3) is 0 Å². The molecule has 0 unspecified atom stereocenters. The molecule has 9 heteroatoms. The van der Waals surface area contributed by atoms with Gasteiger partial charge in [0.05, 0.1) is 0 Å². The highest BCUT2D eigenvalue weighted by Crippen LogP contribution is 2.28. The molecule has 1 amide bonds. The highest BCUT2D eigenvalue weighted by Gasteiger charge is 2.22. The molecule has 20 heavy (non-hydrogen) atoms. The Labute approximate surface area is 114 Å². The number of anilines is 1. The average molecular weight is 291 g/mol.